The second-order valence-corrected chi connectivity index (χ2v) is 3.10. The molecule has 0 aromatic carbocycles. The molecule has 3 nitrogen and oxygen atoms in total. The number of piperidine rings is 1. The molecule has 0 aromatic rings. The van der Waals surface area contributed by atoms with Gasteiger partial charge >= 0.3 is 0 Å². The third kappa shape index (κ3) is 2.89. The lowest BCUT2D eigenvalue weighted by Gasteiger charge is -2.26. The molecule has 0 saturated carbocycles. The van der Waals surface area contributed by atoms with Crippen LogP contribution < -0.4 is 0 Å². The average Bonchev–Trinajstić information content (AvgIpc) is 2.01. The van der Waals surface area contributed by atoms with Crippen molar-refractivity contribution >= 4 is 6.21 Å². The molecule has 0 bridgehead atoms. The van der Waals surface area contributed by atoms with Gasteiger partial charge in [-0.15, -0.1) is 0 Å². The predicted molar refractivity (Wildman–Crippen MR) is 45.7 cm³/mol. The molecular weight excluding hydrogens is 140 g/mol. The summed E-state index contributed by atoms with van der Waals surface area (Å²) in [6.07, 6.45) is 4.43. The van der Waals surface area contributed by atoms with E-state index in [1.807, 2.05) is 6.21 Å². The first-order valence-corrected chi connectivity index (χ1v) is 4.08. The molecule has 1 heterocycles. The summed E-state index contributed by atoms with van der Waals surface area (Å²) in [5.41, 5.74) is 0. The zero-order chi connectivity index (χ0) is 8.10. The highest BCUT2D eigenvalue weighted by Crippen LogP contribution is 2.12. The van der Waals surface area contributed by atoms with Crippen molar-refractivity contribution in [1.29, 1.82) is 0 Å². The molecule has 11 heavy (non-hydrogen) atoms. The molecule has 0 spiro atoms. The number of oxime groups is 1. The van der Waals surface area contributed by atoms with Crippen LogP contribution >= 0.6 is 0 Å². The monoisotopic (exact) mass is 156 g/mol. The van der Waals surface area contributed by atoms with Crippen molar-refractivity contribution in [3.63, 3.8) is 0 Å². The fourth-order valence-corrected chi connectivity index (χ4v) is 1.47. The highest BCUT2D eigenvalue weighted by atomic mass is 16.6. The summed E-state index contributed by atoms with van der Waals surface area (Å²) in [6, 6.07) is 0. The topological polar surface area (TPSA) is 24.8 Å². The Kier molecular flexibility index (Phi) is 3.36. The summed E-state index contributed by atoms with van der Waals surface area (Å²) in [4.78, 5) is 6.96. The molecule has 0 aliphatic carbocycles. The van der Waals surface area contributed by atoms with Crippen molar-refractivity contribution in [3.8, 4) is 0 Å². The average molecular weight is 156 g/mol. The van der Waals surface area contributed by atoms with Crippen LogP contribution in [0.3, 0.4) is 0 Å². The lowest BCUT2D eigenvalue weighted by Crippen LogP contribution is -2.32. The summed E-state index contributed by atoms with van der Waals surface area (Å²) in [5.74, 6) is 0.591. The maximum atomic E-state index is 4.63. The molecule has 0 radical (unpaired) electrons. The summed E-state index contributed by atoms with van der Waals surface area (Å²) >= 11 is 0. The van der Waals surface area contributed by atoms with Crippen LogP contribution in [0.5, 0.6) is 0 Å². The fourth-order valence-electron chi connectivity index (χ4n) is 1.47. The number of rotatable bonds is 2. The van der Waals surface area contributed by atoms with Crippen LogP contribution in [0.1, 0.15) is 12.8 Å². The van der Waals surface area contributed by atoms with E-state index in [4.69, 9.17) is 0 Å². The van der Waals surface area contributed by atoms with Crippen molar-refractivity contribution in [2.24, 2.45) is 11.1 Å². The van der Waals surface area contributed by atoms with Gasteiger partial charge < -0.3 is 9.74 Å². The molecule has 0 aromatic heterocycles. The Labute approximate surface area is 68.0 Å². The molecule has 0 amide bonds. The molecule has 1 rings (SSSR count). The second kappa shape index (κ2) is 4.34. The third-order valence-corrected chi connectivity index (χ3v) is 2.04. The first-order valence-electron chi connectivity index (χ1n) is 4.08. The zero-order valence-electron chi connectivity index (χ0n) is 7.29. The maximum Gasteiger partial charge on any atom is 0.106 e. The quantitative estimate of drug-likeness (QED) is 0.439. The Hall–Kier alpha value is -0.570. The Morgan fingerprint density at radius 1 is 1.64 bits per heavy atom. The van der Waals surface area contributed by atoms with Crippen molar-refractivity contribution in [2.75, 3.05) is 27.2 Å². The molecule has 1 aliphatic rings. The largest absolute Gasteiger partial charge is 0.399 e. The van der Waals surface area contributed by atoms with E-state index in [-0.39, 0.29) is 0 Å². The second-order valence-electron chi connectivity index (χ2n) is 3.10. The summed E-state index contributed by atoms with van der Waals surface area (Å²) in [5, 5.41) is 3.78. The molecule has 1 saturated heterocycles. The van der Waals surface area contributed by atoms with Gasteiger partial charge in [-0.3, -0.25) is 0 Å². The standard InChI is InChI=1S/C8H16N2O/c1-10-5-3-4-8(7-10)6-9-11-2/h6,8H,3-5,7H2,1-2H3/b9-6+. The van der Waals surface area contributed by atoms with Crippen LogP contribution in [0.2, 0.25) is 0 Å². The zero-order valence-corrected chi connectivity index (χ0v) is 7.29. The minimum absolute atomic E-state index is 0.591. The Balaban J connectivity index is 2.28. The molecule has 1 atom stereocenters. The van der Waals surface area contributed by atoms with Crippen LogP contribution in [0.25, 0.3) is 0 Å². The van der Waals surface area contributed by atoms with Gasteiger partial charge in [-0.05, 0) is 26.4 Å². The molecular formula is C8H16N2O. The van der Waals surface area contributed by atoms with Gasteiger partial charge in [0.05, 0.1) is 0 Å². The van der Waals surface area contributed by atoms with E-state index in [1.54, 1.807) is 7.11 Å². The number of hydrogen-bond acceptors (Lipinski definition) is 3. The fraction of sp³-hybridized carbons (Fsp3) is 0.875. The van der Waals surface area contributed by atoms with Gasteiger partial charge in [0, 0.05) is 18.7 Å². The smallest absolute Gasteiger partial charge is 0.106 e. The van der Waals surface area contributed by atoms with Crippen molar-refractivity contribution < 1.29 is 4.84 Å². The predicted octanol–water partition coefficient (Wildman–Crippen LogP) is 0.960. The number of likely N-dealkylation sites (tertiary alicyclic amines) is 1. The molecule has 64 valence electrons. The van der Waals surface area contributed by atoms with Gasteiger partial charge in [-0.25, -0.2) is 0 Å². The normalized spacial score (nSPS) is 27.6. The van der Waals surface area contributed by atoms with E-state index in [0.717, 1.165) is 6.54 Å². The van der Waals surface area contributed by atoms with Crippen molar-refractivity contribution in [1.82, 2.24) is 4.90 Å². The van der Waals surface area contributed by atoms with E-state index in [1.165, 1.54) is 19.4 Å². The van der Waals surface area contributed by atoms with E-state index in [9.17, 15) is 0 Å². The molecule has 0 N–H and O–H groups in total. The number of hydrogen-bond donors (Lipinski definition) is 0. The van der Waals surface area contributed by atoms with Crippen LogP contribution in [0.4, 0.5) is 0 Å². The first-order chi connectivity index (χ1) is 5.33. The Bertz CT molecular complexity index is 136. The Morgan fingerprint density at radius 3 is 3.09 bits per heavy atom. The van der Waals surface area contributed by atoms with Crippen LogP contribution in [0.15, 0.2) is 5.16 Å². The van der Waals surface area contributed by atoms with E-state index >= 15 is 0 Å². The van der Waals surface area contributed by atoms with Crippen LogP contribution in [-0.2, 0) is 4.84 Å². The van der Waals surface area contributed by atoms with Crippen molar-refractivity contribution in [3.05, 3.63) is 0 Å². The minimum atomic E-state index is 0.591. The SMILES string of the molecule is CO/N=C/C1CCCN(C)C1. The third-order valence-electron chi connectivity index (χ3n) is 2.04. The summed E-state index contributed by atoms with van der Waals surface area (Å²) in [7, 11) is 3.73. The highest BCUT2D eigenvalue weighted by molar-refractivity contribution is 5.60. The minimum Gasteiger partial charge on any atom is -0.399 e. The van der Waals surface area contributed by atoms with Crippen LogP contribution in [-0.4, -0.2) is 38.4 Å². The summed E-state index contributed by atoms with van der Waals surface area (Å²) in [6.45, 7) is 2.34. The van der Waals surface area contributed by atoms with Gasteiger partial charge in [-0.1, -0.05) is 5.16 Å². The van der Waals surface area contributed by atoms with E-state index in [2.05, 4.69) is 21.9 Å². The molecule has 3 heteroatoms. The van der Waals surface area contributed by atoms with E-state index < -0.39 is 0 Å². The van der Waals surface area contributed by atoms with E-state index in [0.29, 0.717) is 5.92 Å². The van der Waals surface area contributed by atoms with Gasteiger partial charge in [-0.2, -0.15) is 0 Å². The maximum absolute atomic E-state index is 4.63. The highest BCUT2D eigenvalue weighted by Gasteiger charge is 2.14. The van der Waals surface area contributed by atoms with Gasteiger partial charge in [0.25, 0.3) is 0 Å². The van der Waals surface area contributed by atoms with Gasteiger partial charge in [0.2, 0.25) is 0 Å². The first kappa shape index (κ1) is 8.53. The van der Waals surface area contributed by atoms with Crippen molar-refractivity contribution in [2.45, 2.75) is 12.8 Å². The molecule has 1 fully saturated rings. The lowest BCUT2D eigenvalue weighted by atomic mass is 10.0. The lowest BCUT2D eigenvalue weighted by molar-refractivity contribution is 0.206. The molecule has 1 unspecified atom stereocenters. The van der Waals surface area contributed by atoms with Crippen LogP contribution in [0, 0.1) is 5.92 Å². The Morgan fingerprint density at radius 2 is 2.45 bits per heavy atom. The van der Waals surface area contributed by atoms with Gasteiger partial charge in [0.1, 0.15) is 7.11 Å². The van der Waals surface area contributed by atoms with Gasteiger partial charge in [0.15, 0.2) is 0 Å². The number of nitrogens with zero attached hydrogens (tertiary/aromatic N) is 2. The molecule has 1 aliphatic heterocycles. The summed E-state index contributed by atoms with van der Waals surface area (Å²) < 4.78 is 0.